The summed E-state index contributed by atoms with van der Waals surface area (Å²) in [5.74, 6) is 0.204. The van der Waals surface area contributed by atoms with E-state index in [-0.39, 0.29) is 36.5 Å². The van der Waals surface area contributed by atoms with E-state index >= 15 is 0 Å². The molecule has 0 unspecified atom stereocenters. The first-order chi connectivity index (χ1) is 24.2. The molecule has 2 amide bonds. The summed E-state index contributed by atoms with van der Waals surface area (Å²) in [6, 6.07) is 26.7. The van der Waals surface area contributed by atoms with Crippen LogP contribution in [-0.2, 0) is 32.0 Å². The molecule has 0 spiro atoms. The van der Waals surface area contributed by atoms with Crippen molar-refractivity contribution in [3.05, 3.63) is 107 Å². The van der Waals surface area contributed by atoms with E-state index in [1.807, 2.05) is 78.9 Å². The Morgan fingerprint density at radius 2 is 1.08 bits per heavy atom. The third-order valence-electron chi connectivity index (χ3n) is 9.75. The van der Waals surface area contributed by atoms with E-state index in [0.29, 0.717) is 36.2 Å². The maximum Gasteiger partial charge on any atom is 0.308 e. The number of fused-ring (bicyclic) bond motifs is 6. The molecule has 2 aliphatic heterocycles. The Kier molecular flexibility index (Phi) is 9.05. The van der Waals surface area contributed by atoms with Gasteiger partial charge in [-0.3, -0.25) is 19.2 Å². The molecule has 0 aromatic heterocycles. The van der Waals surface area contributed by atoms with Crippen molar-refractivity contribution in [2.75, 3.05) is 28.8 Å². The second kappa shape index (κ2) is 13.6. The van der Waals surface area contributed by atoms with Crippen LogP contribution in [0, 0.1) is 0 Å². The highest BCUT2D eigenvalue weighted by Gasteiger charge is 2.36. The van der Waals surface area contributed by atoms with Crippen molar-refractivity contribution in [2.24, 2.45) is 0 Å². The number of alkyl halides is 1. The molecular weight excluding hydrogens is 652 g/mol. The molecule has 0 fully saturated rings. The molecule has 5 aromatic rings. The molecule has 2 aliphatic rings. The van der Waals surface area contributed by atoms with E-state index in [0.717, 1.165) is 55.9 Å². The molecule has 0 bridgehead atoms. The van der Waals surface area contributed by atoms with Crippen molar-refractivity contribution >= 4 is 68.3 Å². The molecule has 8 nitrogen and oxygen atoms in total. The Morgan fingerprint density at radius 1 is 0.640 bits per heavy atom. The van der Waals surface area contributed by atoms with E-state index in [4.69, 9.17) is 21.1 Å². The number of amides is 2. The summed E-state index contributed by atoms with van der Waals surface area (Å²) in [7, 11) is 0. The van der Waals surface area contributed by atoms with Gasteiger partial charge in [-0.2, -0.15) is 0 Å². The van der Waals surface area contributed by atoms with Gasteiger partial charge in [0.2, 0.25) is 11.8 Å². The molecule has 2 atom stereocenters. The summed E-state index contributed by atoms with van der Waals surface area (Å²) < 4.78 is 11.2. The van der Waals surface area contributed by atoms with Gasteiger partial charge in [0.15, 0.2) is 0 Å². The Hall–Kier alpha value is -5.21. The smallest absolute Gasteiger partial charge is 0.308 e. The molecule has 0 N–H and O–H groups in total. The summed E-state index contributed by atoms with van der Waals surface area (Å²) >= 11 is 6.44. The van der Waals surface area contributed by atoms with Gasteiger partial charge < -0.3 is 19.3 Å². The maximum absolute atomic E-state index is 14.0. The number of carbonyl (C=O) groups excluding carboxylic acids is 4. The topological polar surface area (TPSA) is 93.2 Å². The number of benzene rings is 5. The van der Waals surface area contributed by atoms with Crippen LogP contribution in [0.2, 0.25) is 0 Å². The molecule has 5 aromatic carbocycles. The van der Waals surface area contributed by atoms with Crippen molar-refractivity contribution in [2.45, 2.75) is 51.9 Å². The Balaban J connectivity index is 1.14. The molecule has 0 aliphatic carbocycles. The number of nitrogens with zero attached hydrogens (tertiary/aromatic N) is 2. The lowest BCUT2D eigenvalue weighted by molar-refractivity contribution is -0.132. The molecule has 0 saturated heterocycles. The zero-order valence-electron chi connectivity index (χ0n) is 28.2. The van der Waals surface area contributed by atoms with E-state index in [1.54, 1.807) is 15.9 Å². The van der Waals surface area contributed by atoms with Crippen LogP contribution in [0.25, 0.3) is 21.5 Å². The number of anilines is 2. The molecule has 50 heavy (non-hydrogen) atoms. The number of hydrogen-bond donors (Lipinski definition) is 0. The predicted octanol–water partition coefficient (Wildman–Crippen LogP) is 7.84. The van der Waals surface area contributed by atoms with Crippen LogP contribution >= 0.6 is 11.6 Å². The minimum atomic E-state index is -0.438. The van der Waals surface area contributed by atoms with Crippen molar-refractivity contribution in [3.8, 4) is 11.5 Å². The number of halogens is 1. The predicted molar refractivity (Wildman–Crippen MR) is 196 cm³/mol. The molecule has 254 valence electrons. The van der Waals surface area contributed by atoms with Gasteiger partial charge in [-0.1, -0.05) is 79.7 Å². The molecule has 0 saturated carbocycles. The lowest BCUT2D eigenvalue weighted by Crippen LogP contribution is -2.32. The third kappa shape index (κ3) is 6.09. The van der Waals surface area contributed by atoms with Crippen LogP contribution in [0.15, 0.2) is 84.9 Å². The molecule has 2 heterocycles. The Bertz CT molecular complexity index is 2050. The van der Waals surface area contributed by atoms with E-state index in [2.05, 4.69) is 6.92 Å². The average molecular weight is 689 g/mol. The highest BCUT2D eigenvalue weighted by atomic mass is 35.5. The quantitative estimate of drug-likeness (QED) is 0.0937. The fourth-order valence-electron chi connectivity index (χ4n) is 7.63. The first kappa shape index (κ1) is 33.3. The van der Waals surface area contributed by atoms with E-state index in [1.165, 1.54) is 13.8 Å². The van der Waals surface area contributed by atoms with Gasteiger partial charge in [0.25, 0.3) is 0 Å². The third-order valence-corrected chi connectivity index (χ3v) is 10.1. The fraction of sp³-hybridized carbons (Fsp3) is 0.268. The second-order valence-corrected chi connectivity index (χ2v) is 13.3. The molecule has 0 radical (unpaired) electrons. The number of rotatable bonds is 8. The first-order valence-corrected chi connectivity index (χ1v) is 17.4. The summed E-state index contributed by atoms with van der Waals surface area (Å²) in [5.41, 5.74) is 5.11. The Labute approximate surface area is 295 Å². The summed E-state index contributed by atoms with van der Waals surface area (Å²) in [5, 5.41) is 3.53. The zero-order chi connectivity index (χ0) is 35.1. The van der Waals surface area contributed by atoms with E-state index in [9.17, 15) is 19.2 Å². The highest BCUT2D eigenvalue weighted by molar-refractivity contribution is 6.19. The maximum atomic E-state index is 14.0. The fourth-order valence-corrected chi connectivity index (χ4v) is 7.88. The normalized spacial score (nSPS) is 16.4. The summed E-state index contributed by atoms with van der Waals surface area (Å²) in [6.07, 6.45) is 1.12. The van der Waals surface area contributed by atoms with Crippen LogP contribution < -0.4 is 19.3 Å². The number of ether oxygens (including phenoxy) is 2. The molecule has 9 heteroatoms. The van der Waals surface area contributed by atoms with Gasteiger partial charge in [-0.15, -0.1) is 11.6 Å². The number of esters is 2. The molecule has 7 rings (SSSR count). The number of carbonyl (C=O) groups is 4. The lowest BCUT2D eigenvalue weighted by Gasteiger charge is -2.20. The largest absolute Gasteiger partial charge is 0.426 e. The second-order valence-electron chi connectivity index (χ2n) is 13.0. The van der Waals surface area contributed by atoms with Gasteiger partial charge in [0.1, 0.15) is 11.5 Å². The van der Waals surface area contributed by atoms with Gasteiger partial charge in [-0.05, 0) is 39.4 Å². The van der Waals surface area contributed by atoms with Gasteiger partial charge in [0.05, 0.1) is 24.2 Å². The van der Waals surface area contributed by atoms with Crippen molar-refractivity contribution in [1.82, 2.24) is 0 Å². The van der Waals surface area contributed by atoms with Gasteiger partial charge in [0, 0.05) is 67.6 Å². The molecular formula is C41H37ClN2O6. The lowest BCUT2D eigenvalue weighted by atomic mass is 9.93. The van der Waals surface area contributed by atoms with Crippen LogP contribution in [0.1, 0.15) is 61.3 Å². The Morgan fingerprint density at radius 3 is 1.52 bits per heavy atom. The standard InChI is InChI=1S/C41H37ClN2O6/c1-4-28-22-43(34-19-36(49-24(2)45)30-12-5-7-14-32(30)40(28)34)38(47)17-26-10-9-11-27(16-26)18-39(48)44-23-29(21-42)41-33-15-8-6-13-31(33)37(20-35(41)44)50-25(3)46/h5-16,19-20,28-29H,4,17-18,21-23H2,1-3H3/t28-,29-/m1/s1. The summed E-state index contributed by atoms with van der Waals surface area (Å²) in [4.78, 5) is 55.4. The van der Waals surface area contributed by atoms with Crippen molar-refractivity contribution in [1.29, 1.82) is 0 Å². The van der Waals surface area contributed by atoms with Crippen LogP contribution in [0.3, 0.4) is 0 Å². The van der Waals surface area contributed by atoms with Gasteiger partial charge >= 0.3 is 11.9 Å². The van der Waals surface area contributed by atoms with Crippen molar-refractivity contribution < 1.29 is 28.7 Å². The van der Waals surface area contributed by atoms with Crippen molar-refractivity contribution in [3.63, 3.8) is 0 Å². The first-order valence-electron chi connectivity index (χ1n) is 16.9. The SMILES string of the molecule is CC[C@@H]1CN(C(=O)Cc2cccc(CC(=O)N3C[C@@H](CCl)c4c3cc(OC(C)=O)c3ccccc43)c2)c2cc(OC(C)=O)c3ccccc3c21. The monoisotopic (exact) mass is 688 g/mol. The van der Waals surface area contributed by atoms with Crippen LogP contribution in [0.4, 0.5) is 11.4 Å². The van der Waals surface area contributed by atoms with Gasteiger partial charge in [-0.25, -0.2) is 0 Å². The summed E-state index contributed by atoms with van der Waals surface area (Å²) in [6.45, 7) is 5.80. The minimum Gasteiger partial charge on any atom is -0.426 e. The van der Waals surface area contributed by atoms with Crippen LogP contribution in [0.5, 0.6) is 11.5 Å². The van der Waals surface area contributed by atoms with E-state index < -0.39 is 11.9 Å². The highest BCUT2D eigenvalue weighted by Crippen LogP contribution is 2.47. The van der Waals surface area contributed by atoms with Crippen LogP contribution in [-0.4, -0.2) is 42.7 Å². The average Bonchev–Trinajstić information content (AvgIpc) is 3.67. The zero-order valence-corrected chi connectivity index (χ0v) is 29.0. The minimum absolute atomic E-state index is 0.0713. The number of hydrogen-bond acceptors (Lipinski definition) is 6.